The molecule has 0 aromatic heterocycles. The Kier molecular flexibility index (Phi) is 11.3. The van der Waals surface area contributed by atoms with Gasteiger partial charge in [-0.2, -0.15) is 0 Å². The summed E-state index contributed by atoms with van der Waals surface area (Å²) in [5.74, 6) is -0.286. The van der Waals surface area contributed by atoms with Crippen LogP contribution in [0.25, 0.3) is 5.57 Å². The van der Waals surface area contributed by atoms with Crippen molar-refractivity contribution in [3.63, 3.8) is 0 Å². The molecule has 1 atom stereocenters. The fraction of sp³-hybridized carbons (Fsp3) is 0.560. The van der Waals surface area contributed by atoms with E-state index < -0.39 is 5.60 Å². The van der Waals surface area contributed by atoms with E-state index in [-0.39, 0.29) is 5.97 Å². The SMILES string of the molecule is CCOC(=O)C1(OCCCCCCCCCCBr)C=CC(c2ccccc2)=CC1. The van der Waals surface area contributed by atoms with Gasteiger partial charge in [0, 0.05) is 18.4 Å². The van der Waals surface area contributed by atoms with Crippen molar-refractivity contribution in [1.82, 2.24) is 0 Å². The lowest BCUT2D eigenvalue weighted by Gasteiger charge is -2.30. The second-order valence-electron chi connectivity index (χ2n) is 7.54. The molecular formula is C25H35BrO3. The zero-order chi connectivity index (χ0) is 20.8. The molecule has 2 rings (SSSR count). The first-order chi connectivity index (χ1) is 14.2. The molecule has 0 amide bonds. The first-order valence-electron chi connectivity index (χ1n) is 11.0. The van der Waals surface area contributed by atoms with E-state index in [9.17, 15) is 4.79 Å². The van der Waals surface area contributed by atoms with Crippen LogP contribution < -0.4 is 0 Å². The summed E-state index contributed by atoms with van der Waals surface area (Å²) >= 11 is 3.48. The van der Waals surface area contributed by atoms with Gasteiger partial charge in [0.2, 0.25) is 0 Å². The van der Waals surface area contributed by atoms with Gasteiger partial charge in [0.05, 0.1) is 6.61 Å². The molecule has 160 valence electrons. The van der Waals surface area contributed by atoms with Gasteiger partial charge in [0.1, 0.15) is 0 Å². The minimum Gasteiger partial charge on any atom is -0.464 e. The predicted octanol–water partition coefficient (Wildman–Crippen LogP) is 6.86. The quantitative estimate of drug-likeness (QED) is 0.172. The van der Waals surface area contributed by atoms with Crippen LogP contribution in [0.15, 0.2) is 48.6 Å². The highest BCUT2D eigenvalue weighted by Gasteiger charge is 2.39. The largest absolute Gasteiger partial charge is 0.464 e. The summed E-state index contributed by atoms with van der Waals surface area (Å²) in [5.41, 5.74) is 1.29. The summed E-state index contributed by atoms with van der Waals surface area (Å²) in [7, 11) is 0. The molecule has 29 heavy (non-hydrogen) atoms. The lowest BCUT2D eigenvalue weighted by atomic mass is 9.89. The van der Waals surface area contributed by atoms with Gasteiger partial charge in [-0.25, -0.2) is 4.79 Å². The Hall–Kier alpha value is -1.39. The van der Waals surface area contributed by atoms with Crippen LogP contribution in [-0.4, -0.2) is 30.1 Å². The van der Waals surface area contributed by atoms with Crippen molar-refractivity contribution in [2.24, 2.45) is 0 Å². The standard InChI is InChI=1S/C25H35BrO3/c1-2-28-24(27)25(29-21-13-8-6-4-3-5-7-12-20-26)18-16-23(17-19-25)22-14-10-9-11-15-22/h9-11,14-18H,2-8,12-13,19-21H2,1H3. The Balaban J connectivity index is 1.78. The maximum absolute atomic E-state index is 12.6. The third-order valence-corrected chi connectivity index (χ3v) is 5.83. The van der Waals surface area contributed by atoms with Gasteiger partial charge in [0.25, 0.3) is 0 Å². The van der Waals surface area contributed by atoms with Crippen LogP contribution in [0.1, 0.15) is 70.3 Å². The summed E-state index contributed by atoms with van der Waals surface area (Å²) < 4.78 is 11.4. The van der Waals surface area contributed by atoms with Crippen LogP contribution in [-0.2, 0) is 14.3 Å². The minimum atomic E-state index is -0.982. The summed E-state index contributed by atoms with van der Waals surface area (Å²) in [6, 6.07) is 10.2. The Morgan fingerprint density at radius 3 is 2.24 bits per heavy atom. The highest BCUT2D eigenvalue weighted by atomic mass is 79.9. The van der Waals surface area contributed by atoms with Gasteiger partial charge >= 0.3 is 5.97 Å². The zero-order valence-corrected chi connectivity index (χ0v) is 19.3. The molecule has 0 saturated carbocycles. The minimum absolute atomic E-state index is 0.286. The average Bonchev–Trinajstić information content (AvgIpc) is 2.76. The smallest absolute Gasteiger partial charge is 0.342 e. The number of carbonyl (C=O) groups is 1. The third kappa shape index (κ3) is 8.10. The molecular weight excluding hydrogens is 428 g/mol. The second-order valence-corrected chi connectivity index (χ2v) is 8.33. The number of rotatable bonds is 14. The van der Waals surface area contributed by atoms with E-state index in [1.807, 2.05) is 37.3 Å². The number of hydrogen-bond donors (Lipinski definition) is 0. The molecule has 1 aromatic rings. The van der Waals surface area contributed by atoms with Crippen LogP contribution in [0.2, 0.25) is 0 Å². The van der Waals surface area contributed by atoms with Crippen molar-refractivity contribution in [3.8, 4) is 0 Å². The Labute approximate surface area is 184 Å². The fourth-order valence-electron chi connectivity index (χ4n) is 3.55. The summed E-state index contributed by atoms with van der Waals surface area (Å²) in [4.78, 5) is 12.6. The molecule has 3 nitrogen and oxygen atoms in total. The maximum atomic E-state index is 12.6. The summed E-state index contributed by atoms with van der Waals surface area (Å²) in [6.45, 7) is 2.78. The van der Waals surface area contributed by atoms with Gasteiger partial charge in [-0.3, -0.25) is 0 Å². The third-order valence-electron chi connectivity index (χ3n) is 5.27. The summed E-state index contributed by atoms with van der Waals surface area (Å²) in [6.07, 6.45) is 16.4. The van der Waals surface area contributed by atoms with Crippen LogP contribution in [0.5, 0.6) is 0 Å². The van der Waals surface area contributed by atoms with E-state index in [4.69, 9.17) is 9.47 Å². The van der Waals surface area contributed by atoms with E-state index in [0.29, 0.717) is 19.6 Å². The molecule has 1 aliphatic carbocycles. The molecule has 0 saturated heterocycles. The summed E-state index contributed by atoms with van der Waals surface area (Å²) in [5, 5.41) is 1.11. The van der Waals surface area contributed by atoms with E-state index in [1.165, 1.54) is 38.5 Å². The molecule has 0 N–H and O–H groups in total. The van der Waals surface area contributed by atoms with Crippen molar-refractivity contribution in [2.45, 2.75) is 70.3 Å². The Morgan fingerprint density at radius 1 is 1.00 bits per heavy atom. The van der Waals surface area contributed by atoms with E-state index in [0.717, 1.165) is 29.3 Å². The maximum Gasteiger partial charge on any atom is 0.342 e. The first-order valence-corrected chi connectivity index (χ1v) is 12.2. The van der Waals surface area contributed by atoms with E-state index >= 15 is 0 Å². The molecule has 0 radical (unpaired) electrons. The van der Waals surface area contributed by atoms with E-state index in [2.05, 4.69) is 34.1 Å². The molecule has 4 heteroatoms. The van der Waals surface area contributed by atoms with Crippen LogP contribution in [0.3, 0.4) is 0 Å². The first kappa shape index (κ1) is 23.9. The topological polar surface area (TPSA) is 35.5 Å². The lowest BCUT2D eigenvalue weighted by Crippen LogP contribution is -2.42. The molecule has 0 heterocycles. The number of unbranched alkanes of at least 4 members (excludes halogenated alkanes) is 7. The Bertz CT molecular complexity index is 653. The number of halogens is 1. The molecule has 1 aromatic carbocycles. The fourth-order valence-corrected chi connectivity index (χ4v) is 3.95. The number of alkyl halides is 1. The van der Waals surface area contributed by atoms with Crippen molar-refractivity contribution >= 4 is 27.5 Å². The van der Waals surface area contributed by atoms with Crippen molar-refractivity contribution in [3.05, 3.63) is 54.1 Å². The van der Waals surface area contributed by atoms with Gasteiger partial charge in [0.15, 0.2) is 5.60 Å². The number of hydrogen-bond acceptors (Lipinski definition) is 3. The monoisotopic (exact) mass is 462 g/mol. The molecule has 0 aliphatic heterocycles. The number of carbonyl (C=O) groups excluding carboxylic acids is 1. The van der Waals surface area contributed by atoms with E-state index in [1.54, 1.807) is 0 Å². The highest BCUT2D eigenvalue weighted by molar-refractivity contribution is 9.09. The average molecular weight is 463 g/mol. The van der Waals surface area contributed by atoms with Crippen molar-refractivity contribution in [2.75, 3.05) is 18.5 Å². The number of benzene rings is 1. The van der Waals surface area contributed by atoms with Gasteiger partial charge in [-0.05, 0) is 37.0 Å². The second kappa shape index (κ2) is 13.8. The van der Waals surface area contributed by atoms with Gasteiger partial charge in [-0.15, -0.1) is 0 Å². The number of esters is 1. The van der Waals surface area contributed by atoms with Gasteiger partial charge in [-0.1, -0.05) is 96.9 Å². The Morgan fingerprint density at radius 2 is 1.66 bits per heavy atom. The van der Waals surface area contributed by atoms with Crippen LogP contribution in [0, 0.1) is 0 Å². The molecule has 0 spiro atoms. The van der Waals surface area contributed by atoms with Crippen LogP contribution in [0.4, 0.5) is 0 Å². The van der Waals surface area contributed by atoms with Crippen molar-refractivity contribution < 1.29 is 14.3 Å². The molecule has 0 bridgehead atoms. The molecule has 1 aliphatic rings. The van der Waals surface area contributed by atoms with Crippen LogP contribution >= 0.6 is 15.9 Å². The van der Waals surface area contributed by atoms with Gasteiger partial charge < -0.3 is 9.47 Å². The lowest BCUT2D eigenvalue weighted by molar-refractivity contribution is -0.165. The zero-order valence-electron chi connectivity index (χ0n) is 17.7. The van der Waals surface area contributed by atoms with Crippen molar-refractivity contribution in [1.29, 1.82) is 0 Å². The normalized spacial score (nSPS) is 18.5. The number of ether oxygens (including phenoxy) is 2. The molecule has 1 unspecified atom stereocenters. The molecule has 0 fully saturated rings. The predicted molar refractivity (Wildman–Crippen MR) is 124 cm³/mol. The highest BCUT2D eigenvalue weighted by Crippen LogP contribution is 2.31. The number of allylic oxidation sites excluding steroid dienone is 2.